The largest absolute Gasteiger partial charge is 0.481 e. The minimum atomic E-state index is -2.93. The molecule has 1 heterocycles. The molecule has 0 saturated carbocycles. The van der Waals surface area contributed by atoms with Crippen LogP contribution in [0, 0.1) is 5.92 Å². The number of hydrogen-bond donors (Lipinski definition) is 3. The number of rotatable bonds is 10. The highest BCUT2D eigenvalue weighted by Crippen LogP contribution is 2.24. The van der Waals surface area contributed by atoms with Crippen LogP contribution in [0.4, 0.5) is 8.78 Å². The molecule has 0 aromatic carbocycles. The standard InChI is InChI=1S/C17H24F2N4O3/c1-10(16(24)25)4-3-5-14(26-2)13-8-11(6-7-22-13)15(12(21)9-20)23-17(18)19/h6-10,14,17H,3-5,20-21H2,1-2H3,(H,24,25)/b12-9+,23-15+. The molecule has 0 fully saturated rings. The van der Waals surface area contributed by atoms with E-state index in [4.69, 9.17) is 21.3 Å². The van der Waals surface area contributed by atoms with Crippen molar-refractivity contribution in [3.05, 3.63) is 41.5 Å². The maximum Gasteiger partial charge on any atom is 0.332 e. The smallest absolute Gasteiger partial charge is 0.332 e. The SMILES string of the molecule is COC(CCCC(C)C(=O)O)c1cc(C(=N\C(F)F)/C(N)=C\N)ccn1. The van der Waals surface area contributed by atoms with Gasteiger partial charge in [-0.15, -0.1) is 0 Å². The summed E-state index contributed by atoms with van der Waals surface area (Å²) in [4.78, 5) is 18.3. The number of nitrogens with two attached hydrogens (primary N) is 2. The first-order valence-electron chi connectivity index (χ1n) is 8.05. The fourth-order valence-corrected chi connectivity index (χ4v) is 2.38. The molecule has 0 aliphatic carbocycles. The van der Waals surface area contributed by atoms with Gasteiger partial charge in [-0.2, -0.15) is 8.78 Å². The van der Waals surface area contributed by atoms with Gasteiger partial charge in [0, 0.05) is 25.1 Å². The van der Waals surface area contributed by atoms with E-state index in [0.717, 1.165) is 6.20 Å². The molecule has 26 heavy (non-hydrogen) atoms. The van der Waals surface area contributed by atoms with Crippen molar-refractivity contribution in [3.63, 3.8) is 0 Å². The van der Waals surface area contributed by atoms with Gasteiger partial charge in [-0.3, -0.25) is 9.78 Å². The number of methoxy groups -OCH3 is 1. The summed E-state index contributed by atoms with van der Waals surface area (Å²) in [6, 6.07) is 3.06. The van der Waals surface area contributed by atoms with Crippen molar-refractivity contribution in [2.24, 2.45) is 22.4 Å². The number of hydrogen-bond acceptors (Lipinski definition) is 6. The van der Waals surface area contributed by atoms with Gasteiger partial charge in [0.05, 0.1) is 29.1 Å². The minimum absolute atomic E-state index is 0.0771. The van der Waals surface area contributed by atoms with Crippen molar-refractivity contribution in [1.82, 2.24) is 4.98 Å². The Labute approximate surface area is 150 Å². The molecule has 9 heteroatoms. The van der Waals surface area contributed by atoms with Gasteiger partial charge in [0.15, 0.2) is 0 Å². The predicted molar refractivity (Wildman–Crippen MR) is 93.6 cm³/mol. The summed E-state index contributed by atoms with van der Waals surface area (Å²) in [6.07, 6.45) is 3.68. The van der Waals surface area contributed by atoms with E-state index in [2.05, 4.69) is 9.98 Å². The summed E-state index contributed by atoms with van der Waals surface area (Å²) in [6.45, 7) is -1.30. The van der Waals surface area contributed by atoms with Crippen LogP contribution in [0.1, 0.15) is 43.5 Å². The van der Waals surface area contributed by atoms with Gasteiger partial charge in [-0.25, -0.2) is 4.99 Å². The Hall–Kier alpha value is -2.55. The maximum atomic E-state index is 12.7. The zero-order chi connectivity index (χ0) is 19.7. The van der Waals surface area contributed by atoms with Crippen LogP contribution in [0.5, 0.6) is 0 Å². The van der Waals surface area contributed by atoms with E-state index in [1.807, 2.05) is 0 Å². The molecule has 0 aliphatic rings. The number of halogens is 2. The summed E-state index contributed by atoms with van der Waals surface area (Å²) >= 11 is 0. The second-order valence-corrected chi connectivity index (χ2v) is 5.74. The van der Waals surface area contributed by atoms with Gasteiger partial charge in [-0.1, -0.05) is 6.92 Å². The Bertz CT molecular complexity index is 665. The van der Waals surface area contributed by atoms with Gasteiger partial charge in [0.25, 0.3) is 0 Å². The molecule has 0 bridgehead atoms. The number of aliphatic carboxylic acids is 1. The van der Waals surface area contributed by atoms with Crippen LogP contribution >= 0.6 is 0 Å². The quantitative estimate of drug-likeness (QED) is 0.429. The predicted octanol–water partition coefficient (Wildman–Crippen LogP) is 2.43. The van der Waals surface area contributed by atoms with Crippen molar-refractivity contribution in [2.45, 2.75) is 38.8 Å². The maximum absolute atomic E-state index is 12.7. The Balaban J connectivity index is 2.99. The molecule has 0 saturated heterocycles. The van der Waals surface area contributed by atoms with E-state index in [0.29, 0.717) is 30.5 Å². The van der Waals surface area contributed by atoms with Gasteiger partial charge in [0.2, 0.25) is 0 Å². The lowest BCUT2D eigenvalue weighted by Gasteiger charge is -2.17. The summed E-state index contributed by atoms with van der Waals surface area (Å²) in [5.41, 5.74) is 11.6. The average Bonchev–Trinajstić information content (AvgIpc) is 2.62. The third kappa shape index (κ3) is 6.40. The first-order chi connectivity index (χ1) is 12.3. The lowest BCUT2D eigenvalue weighted by atomic mass is 10.00. The molecular formula is C17H24F2N4O3. The van der Waals surface area contributed by atoms with Crippen molar-refractivity contribution < 1.29 is 23.4 Å². The van der Waals surface area contributed by atoms with E-state index in [1.54, 1.807) is 13.0 Å². The number of allylic oxidation sites excluding steroid dienone is 1. The number of aliphatic imine (C=N–C) groups is 1. The third-order valence-corrected chi connectivity index (χ3v) is 3.87. The number of aromatic nitrogens is 1. The van der Waals surface area contributed by atoms with E-state index < -0.39 is 24.5 Å². The van der Waals surface area contributed by atoms with Crippen LogP contribution < -0.4 is 11.5 Å². The Morgan fingerprint density at radius 1 is 1.46 bits per heavy atom. The van der Waals surface area contributed by atoms with Crippen molar-refractivity contribution in [1.29, 1.82) is 0 Å². The van der Waals surface area contributed by atoms with Crippen LogP contribution in [0.25, 0.3) is 0 Å². The fraction of sp³-hybridized carbons (Fsp3) is 0.471. The summed E-state index contributed by atoms with van der Waals surface area (Å²) in [7, 11) is 1.50. The van der Waals surface area contributed by atoms with E-state index in [9.17, 15) is 13.6 Å². The van der Waals surface area contributed by atoms with Crippen LogP contribution in [0.2, 0.25) is 0 Å². The molecule has 0 amide bonds. The first-order valence-corrected chi connectivity index (χ1v) is 8.05. The number of carboxylic acids is 1. The summed E-state index contributed by atoms with van der Waals surface area (Å²) < 4.78 is 30.8. The number of ether oxygens (including phenoxy) is 1. The van der Waals surface area contributed by atoms with Gasteiger partial charge < -0.3 is 21.3 Å². The second-order valence-electron chi connectivity index (χ2n) is 5.74. The lowest BCUT2D eigenvalue weighted by Crippen LogP contribution is -2.17. The van der Waals surface area contributed by atoms with Crippen molar-refractivity contribution in [2.75, 3.05) is 7.11 Å². The zero-order valence-corrected chi connectivity index (χ0v) is 14.7. The molecule has 1 aromatic heterocycles. The molecular weight excluding hydrogens is 346 g/mol. The van der Waals surface area contributed by atoms with Crippen molar-refractivity contribution in [3.8, 4) is 0 Å². The van der Waals surface area contributed by atoms with E-state index in [1.165, 1.54) is 19.4 Å². The average molecular weight is 370 g/mol. The molecule has 0 spiro atoms. The zero-order valence-electron chi connectivity index (χ0n) is 14.7. The Morgan fingerprint density at radius 2 is 2.15 bits per heavy atom. The van der Waals surface area contributed by atoms with Crippen LogP contribution in [-0.2, 0) is 9.53 Å². The summed E-state index contributed by atoms with van der Waals surface area (Å²) in [5, 5.41) is 8.92. The second kappa shape index (κ2) is 10.4. The number of pyridine rings is 1. The third-order valence-electron chi connectivity index (χ3n) is 3.87. The van der Waals surface area contributed by atoms with Gasteiger partial charge in [0.1, 0.15) is 0 Å². The highest BCUT2D eigenvalue weighted by atomic mass is 19.3. The molecule has 0 radical (unpaired) electrons. The minimum Gasteiger partial charge on any atom is -0.481 e. The van der Waals surface area contributed by atoms with Crippen molar-refractivity contribution >= 4 is 11.7 Å². The molecule has 1 rings (SSSR count). The monoisotopic (exact) mass is 370 g/mol. The van der Waals surface area contributed by atoms with Crippen LogP contribution in [-0.4, -0.2) is 35.4 Å². The molecule has 144 valence electrons. The number of alkyl halides is 2. The number of carboxylic acid groups (broad SMARTS) is 1. The molecule has 5 N–H and O–H groups in total. The van der Waals surface area contributed by atoms with Gasteiger partial charge >= 0.3 is 12.5 Å². The lowest BCUT2D eigenvalue weighted by molar-refractivity contribution is -0.141. The highest BCUT2D eigenvalue weighted by molar-refractivity contribution is 6.12. The number of carbonyl (C=O) groups is 1. The van der Waals surface area contributed by atoms with Crippen LogP contribution in [0.3, 0.4) is 0 Å². The molecule has 0 aliphatic heterocycles. The van der Waals surface area contributed by atoms with Gasteiger partial charge in [-0.05, 0) is 31.4 Å². The molecule has 1 aromatic rings. The summed E-state index contributed by atoms with van der Waals surface area (Å²) in [5.74, 6) is -1.30. The topological polar surface area (TPSA) is 124 Å². The Kier molecular flexibility index (Phi) is 8.63. The van der Waals surface area contributed by atoms with Crippen LogP contribution in [0.15, 0.2) is 35.2 Å². The van der Waals surface area contributed by atoms with E-state index >= 15 is 0 Å². The molecule has 2 atom stereocenters. The normalized spacial score (nSPS) is 15.1. The Morgan fingerprint density at radius 3 is 2.69 bits per heavy atom. The fourth-order valence-electron chi connectivity index (χ4n) is 2.38. The number of nitrogens with zero attached hydrogens (tertiary/aromatic N) is 2. The first kappa shape index (κ1) is 21.5. The van der Waals surface area contributed by atoms with E-state index in [-0.39, 0.29) is 11.4 Å². The molecule has 7 nitrogen and oxygen atoms in total. The molecule has 2 unspecified atom stereocenters. The highest BCUT2D eigenvalue weighted by Gasteiger charge is 2.17.